The first-order valence-corrected chi connectivity index (χ1v) is 24.3. The maximum absolute atomic E-state index is 11.8. The van der Waals surface area contributed by atoms with Crippen molar-refractivity contribution in [1.29, 1.82) is 0 Å². The second-order valence-electron chi connectivity index (χ2n) is 16.6. The summed E-state index contributed by atoms with van der Waals surface area (Å²) >= 11 is 0. The second kappa shape index (κ2) is 48.0. The first-order valence-electron chi connectivity index (χ1n) is 24.3. The van der Waals surface area contributed by atoms with Gasteiger partial charge < -0.3 is 20.4 Å². The molecule has 6 nitrogen and oxygen atoms in total. The van der Waals surface area contributed by atoms with Crippen LogP contribution in [-0.4, -0.2) is 75.0 Å². The highest BCUT2D eigenvalue weighted by Gasteiger charge is 2.03. The van der Waals surface area contributed by atoms with Crippen LogP contribution in [0.25, 0.3) is 0 Å². The summed E-state index contributed by atoms with van der Waals surface area (Å²) in [5, 5.41) is 6.09. The van der Waals surface area contributed by atoms with Gasteiger partial charge >= 0.3 is 0 Å². The number of unbranched alkanes of at least 4 members (excludes halogenated alkanes) is 28. The Bertz CT molecular complexity index is 728. The molecule has 0 aliphatic rings. The molecule has 0 unspecified atom stereocenters. The van der Waals surface area contributed by atoms with Crippen LogP contribution in [0, 0.1) is 0 Å². The fraction of sp³-hybridized carbons (Fsp3) is 0.958. The molecule has 0 bridgehead atoms. The topological polar surface area (TPSA) is 64.7 Å². The summed E-state index contributed by atoms with van der Waals surface area (Å²) in [5.41, 5.74) is 0. The van der Waals surface area contributed by atoms with Gasteiger partial charge in [-0.15, -0.1) is 0 Å². The summed E-state index contributed by atoms with van der Waals surface area (Å²) in [6, 6.07) is 0. The minimum Gasteiger partial charge on any atom is -0.356 e. The van der Waals surface area contributed by atoms with E-state index in [0.29, 0.717) is 12.8 Å². The molecule has 0 aromatic rings. The van der Waals surface area contributed by atoms with Gasteiger partial charge in [-0.05, 0) is 66.0 Å². The monoisotopic (exact) mass is 765 g/mol. The number of hydrogen-bond donors (Lipinski definition) is 2. The Balaban J connectivity index is 0. The van der Waals surface area contributed by atoms with Crippen LogP contribution in [0.5, 0.6) is 0 Å². The van der Waals surface area contributed by atoms with E-state index in [1.807, 2.05) is 0 Å². The predicted octanol–water partition coefficient (Wildman–Crippen LogP) is 13.4. The average molecular weight is 765 g/mol. The molecule has 0 saturated carbocycles. The number of carbonyl (C=O) groups excluding carboxylic acids is 2. The molecule has 0 heterocycles. The van der Waals surface area contributed by atoms with Gasteiger partial charge in [0.2, 0.25) is 11.8 Å². The number of hydrogen-bond acceptors (Lipinski definition) is 4. The first kappa shape index (κ1) is 55.0. The van der Waals surface area contributed by atoms with Crippen molar-refractivity contribution in [3.63, 3.8) is 0 Å². The molecule has 0 aliphatic carbocycles. The Labute approximate surface area is 340 Å². The zero-order chi connectivity index (χ0) is 40.0. The smallest absolute Gasteiger partial charge is 0.219 e. The first-order chi connectivity index (χ1) is 26.4. The fourth-order valence-electron chi connectivity index (χ4n) is 7.18. The average Bonchev–Trinajstić information content (AvgIpc) is 3.16. The van der Waals surface area contributed by atoms with Gasteiger partial charge in [0.05, 0.1) is 0 Å². The Kier molecular flexibility index (Phi) is 48.9. The van der Waals surface area contributed by atoms with Crippen LogP contribution in [0.1, 0.15) is 246 Å². The van der Waals surface area contributed by atoms with Crippen molar-refractivity contribution in [3.8, 4) is 0 Å². The van der Waals surface area contributed by atoms with Crippen LogP contribution in [0.2, 0.25) is 0 Å². The summed E-state index contributed by atoms with van der Waals surface area (Å²) in [6.07, 6.45) is 44.6. The molecule has 54 heavy (non-hydrogen) atoms. The highest BCUT2D eigenvalue weighted by Crippen LogP contribution is 2.15. The molecule has 0 saturated heterocycles. The lowest BCUT2D eigenvalue weighted by molar-refractivity contribution is -0.122. The van der Waals surface area contributed by atoms with Gasteiger partial charge in [0.15, 0.2) is 0 Å². The molecule has 0 radical (unpaired) electrons. The lowest BCUT2D eigenvalue weighted by Crippen LogP contribution is -2.29. The van der Waals surface area contributed by atoms with Gasteiger partial charge in [0, 0.05) is 25.9 Å². The van der Waals surface area contributed by atoms with E-state index in [0.717, 1.165) is 65.0 Å². The minimum atomic E-state index is 0.235. The third-order valence-corrected chi connectivity index (χ3v) is 11.0. The predicted molar refractivity (Wildman–Crippen MR) is 241 cm³/mol. The van der Waals surface area contributed by atoms with E-state index in [9.17, 15) is 9.59 Å². The quantitative estimate of drug-likeness (QED) is 0.0608. The number of carbonyl (C=O) groups is 2. The highest BCUT2D eigenvalue weighted by molar-refractivity contribution is 5.76. The van der Waals surface area contributed by atoms with Crippen LogP contribution in [-0.2, 0) is 9.59 Å². The van der Waals surface area contributed by atoms with Gasteiger partial charge in [-0.25, -0.2) is 0 Å². The maximum Gasteiger partial charge on any atom is 0.219 e. The molecule has 324 valence electrons. The lowest BCUT2D eigenvalue weighted by Gasteiger charge is -2.17. The van der Waals surface area contributed by atoms with Gasteiger partial charge in [-0.1, -0.05) is 207 Å². The molecule has 0 spiro atoms. The van der Waals surface area contributed by atoms with Crippen molar-refractivity contribution in [1.82, 2.24) is 20.4 Å². The molecule has 0 atom stereocenters. The molecule has 0 aliphatic heterocycles. The zero-order valence-electron chi connectivity index (χ0n) is 38.0. The largest absolute Gasteiger partial charge is 0.356 e. The minimum absolute atomic E-state index is 0.235. The Morgan fingerprint density at radius 1 is 0.352 bits per heavy atom. The van der Waals surface area contributed by atoms with Crippen molar-refractivity contribution >= 4 is 11.8 Å². The summed E-state index contributed by atoms with van der Waals surface area (Å²) in [6.45, 7) is 14.9. The fourth-order valence-corrected chi connectivity index (χ4v) is 7.18. The lowest BCUT2D eigenvalue weighted by atomic mass is 10.0. The van der Waals surface area contributed by atoms with Crippen LogP contribution in [0.4, 0.5) is 0 Å². The molecule has 6 heteroatoms. The molecule has 2 amide bonds. The number of rotatable bonds is 42. The van der Waals surface area contributed by atoms with Crippen LogP contribution in [0.15, 0.2) is 0 Å². The Morgan fingerprint density at radius 2 is 0.611 bits per heavy atom. The molecular formula is C48H100N4O2. The maximum atomic E-state index is 11.8. The van der Waals surface area contributed by atoms with Crippen molar-refractivity contribution < 1.29 is 9.59 Å². The zero-order valence-corrected chi connectivity index (χ0v) is 38.0. The third kappa shape index (κ3) is 48.9. The summed E-state index contributed by atoms with van der Waals surface area (Å²) in [4.78, 5) is 28.1. The van der Waals surface area contributed by atoms with E-state index in [1.54, 1.807) is 0 Å². The van der Waals surface area contributed by atoms with Crippen molar-refractivity contribution in [3.05, 3.63) is 0 Å². The standard InChI is InChI=1S/C25H52N2O.C23H48N2O/c1-4-7-8-9-10-11-12-13-14-15-16-17-18-19-20-22-25(28)26-23-21-24-27(5-2)6-3;1-4-5-6-7-8-9-10-11-12-13-14-15-16-17-18-20-23(26)24-21-19-22-25(2)3/h4-24H2,1-3H3,(H,26,28);4-22H2,1-3H3,(H,24,26). The van der Waals surface area contributed by atoms with Crippen LogP contribution >= 0.6 is 0 Å². The summed E-state index contributed by atoms with van der Waals surface area (Å²) in [5.74, 6) is 0.479. The van der Waals surface area contributed by atoms with E-state index < -0.39 is 0 Å². The van der Waals surface area contributed by atoms with E-state index >= 15 is 0 Å². The number of amides is 2. The van der Waals surface area contributed by atoms with E-state index in [1.165, 1.54) is 180 Å². The number of nitrogens with zero attached hydrogens (tertiary/aromatic N) is 2. The van der Waals surface area contributed by atoms with Crippen molar-refractivity contribution in [2.24, 2.45) is 0 Å². The third-order valence-electron chi connectivity index (χ3n) is 11.0. The van der Waals surface area contributed by atoms with E-state index in [2.05, 4.69) is 62.2 Å². The summed E-state index contributed by atoms with van der Waals surface area (Å²) in [7, 11) is 4.13. The molecule has 0 aromatic heterocycles. The highest BCUT2D eigenvalue weighted by atomic mass is 16.2. The van der Waals surface area contributed by atoms with Crippen molar-refractivity contribution in [2.75, 3.05) is 53.4 Å². The Morgan fingerprint density at radius 3 is 0.870 bits per heavy atom. The molecular weight excluding hydrogens is 665 g/mol. The SMILES string of the molecule is CCCCCCCCCCCCCCCCCC(=O)NCCCN(C)C.CCCCCCCCCCCCCCCCCC(=O)NCCCN(CC)CC. The van der Waals surface area contributed by atoms with Gasteiger partial charge in [-0.2, -0.15) is 0 Å². The van der Waals surface area contributed by atoms with Crippen LogP contribution in [0.3, 0.4) is 0 Å². The Hall–Kier alpha value is -1.14. The van der Waals surface area contributed by atoms with E-state index in [4.69, 9.17) is 0 Å². The second-order valence-corrected chi connectivity index (χ2v) is 16.6. The normalized spacial score (nSPS) is 11.3. The molecule has 0 aromatic carbocycles. The van der Waals surface area contributed by atoms with Crippen molar-refractivity contribution in [2.45, 2.75) is 246 Å². The van der Waals surface area contributed by atoms with Gasteiger partial charge in [-0.3, -0.25) is 9.59 Å². The number of nitrogens with one attached hydrogen (secondary N) is 2. The molecule has 2 N–H and O–H groups in total. The van der Waals surface area contributed by atoms with Crippen LogP contribution < -0.4 is 10.6 Å². The molecule has 0 fully saturated rings. The molecule has 0 rings (SSSR count). The van der Waals surface area contributed by atoms with E-state index in [-0.39, 0.29) is 11.8 Å². The van der Waals surface area contributed by atoms with Gasteiger partial charge in [0.1, 0.15) is 0 Å². The summed E-state index contributed by atoms with van der Waals surface area (Å²) < 4.78 is 0. The van der Waals surface area contributed by atoms with Gasteiger partial charge in [0.25, 0.3) is 0 Å².